The summed E-state index contributed by atoms with van der Waals surface area (Å²) in [5, 5.41) is 5.08. The third-order valence-corrected chi connectivity index (χ3v) is 7.46. The number of fused-ring (bicyclic) bond motifs is 6. The Labute approximate surface area is 194 Å². The first kappa shape index (κ1) is 18.5. The number of benzene rings is 5. The lowest BCUT2D eigenvalue weighted by Gasteiger charge is -2.13. The molecule has 0 aliphatic rings. The molecule has 0 spiro atoms. The van der Waals surface area contributed by atoms with Crippen LogP contribution in [0.1, 0.15) is 0 Å². The molecule has 0 saturated heterocycles. The Bertz CT molecular complexity index is 1820. The molecule has 0 radical (unpaired) electrons. The minimum absolute atomic E-state index is 0.910. The van der Waals surface area contributed by atoms with Gasteiger partial charge in [0.2, 0.25) is 0 Å². The fraction of sp³-hybridized carbons (Fsp3) is 0. The average molecular weight is 439 g/mol. The van der Waals surface area contributed by atoms with Crippen LogP contribution in [0.25, 0.3) is 64.5 Å². The molecule has 154 valence electrons. The van der Waals surface area contributed by atoms with Crippen molar-refractivity contribution in [3.05, 3.63) is 109 Å². The molecule has 0 N–H and O–H groups in total. The molecular weight excluding hydrogens is 420 g/mol. The highest BCUT2D eigenvalue weighted by molar-refractivity contribution is 7.26. The van der Waals surface area contributed by atoms with Crippen LogP contribution in [-0.2, 0) is 0 Å². The van der Waals surface area contributed by atoms with Gasteiger partial charge in [-0.05, 0) is 23.6 Å². The van der Waals surface area contributed by atoms with Crippen LogP contribution in [-0.4, -0.2) is 9.97 Å². The van der Waals surface area contributed by atoms with Crippen molar-refractivity contribution < 1.29 is 0 Å². The van der Waals surface area contributed by atoms with Crippen molar-refractivity contribution >= 4 is 53.3 Å². The maximum absolute atomic E-state index is 5.17. The number of rotatable bonds is 2. The minimum Gasteiger partial charge on any atom is -0.244 e. The minimum atomic E-state index is 0.910. The molecule has 7 aromatic rings. The number of thiophene rings is 1. The smallest absolute Gasteiger partial charge is 0.0979 e. The van der Waals surface area contributed by atoms with E-state index in [9.17, 15) is 0 Å². The monoisotopic (exact) mass is 438 g/mol. The Hall–Kier alpha value is -4.08. The Morgan fingerprint density at radius 3 is 2.09 bits per heavy atom. The number of para-hydroxylation sites is 2. The third-order valence-electron chi connectivity index (χ3n) is 6.26. The van der Waals surface area contributed by atoms with E-state index in [1.54, 1.807) is 0 Å². The first-order chi connectivity index (χ1) is 16.4. The zero-order valence-corrected chi connectivity index (χ0v) is 18.5. The lowest BCUT2D eigenvalue weighted by molar-refractivity contribution is 1.30. The topological polar surface area (TPSA) is 25.8 Å². The Morgan fingerprint density at radius 1 is 0.515 bits per heavy atom. The van der Waals surface area contributed by atoms with Crippen LogP contribution in [0.5, 0.6) is 0 Å². The first-order valence-corrected chi connectivity index (χ1v) is 11.8. The van der Waals surface area contributed by atoms with Crippen LogP contribution in [0.3, 0.4) is 0 Å². The van der Waals surface area contributed by atoms with Gasteiger partial charge in [-0.2, -0.15) is 0 Å². The van der Waals surface area contributed by atoms with Gasteiger partial charge >= 0.3 is 0 Å². The SMILES string of the molecule is c1ccc(-c2nc3ccccc3nc2-c2cccc3ccc4c5ccccc5sc4c23)cc1. The zero-order valence-electron chi connectivity index (χ0n) is 17.7. The predicted octanol–water partition coefficient (Wildman–Crippen LogP) is 8.48. The van der Waals surface area contributed by atoms with Crippen molar-refractivity contribution in [1.29, 1.82) is 0 Å². The summed E-state index contributed by atoms with van der Waals surface area (Å²) in [6.45, 7) is 0. The standard InChI is InChI=1S/C30H18N2S/c1-2-9-20(10-3-1)28-29(32-25-15-6-5-14-24(25)31-28)23-13-8-11-19-17-18-22-21-12-4-7-16-26(21)33-30(22)27(19)23/h1-18H. The second kappa shape index (κ2) is 7.22. The Kier molecular flexibility index (Phi) is 4.05. The van der Waals surface area contributed by atoms with Crippen molar-refractivity contribution in [3.8, 4) is 22.5 Å². The molecule has 33 heavy (non-hydrogen) atoms. The van der Waals surface area contributed by atoms with Crippen molar-refractivity contribution in [2.45, 2.75) is 0 Å². The lowest BCUT2D eigenvalue weighted by Crippen LogP contribution is -1.96. The number of nitrogens with zero attached hydrogens (tertiary/aromatic N) is 2. The predicted molar refractivity (Wildman–Crippen MR) is 141 cm³/mol. The molecule has 0 unspecified atom stereocenters. The second-order valence-corrected chi connectivity index (χ2v) is 9.27. The van der Waals surface area contributed by atoms with Gasteiger partial charge in [0, 0.05) is 36.7 Å². The van der Waals surface area contributed by atoms with Crippen molar-refractivity contribution in [1.82, 2.24) is 9.97 Å². The molecule has 2 heterocycles. The van der Waals surface area contributed by atoms with Crippen LogP contribution in [0.4, 0.5) is 0 Å². The van der Waals surface area contributed by atoms with Gasteiger partial charge in [0.15, 0.2) is 0 Å². The summed E-state index contributed by atoms with van der Waals surface area (Å²) in [4.78, 5) is 10.3. The van der Waals surface area contributed by atoms with E-state index in [1.165, 1.54) is 30.9 Å². The number of hydrogen-bond acceptors (Lipinski definition) is 3. The quantitative estimate of drug-likeness (QED) is 0.270. The molecule has 7 rings (SSSR count). The molecule has 0 aliphatic heterocycles. The highest BCUT2D eigenvalue weighted by Gasteiger charge is 2.18. The molecule has 2 aromatic heterocycles. The summed E-state index contributed by atoms with van der Waals surface area (Å²) in [6.07, 6.45) is 0. The maximum Gasteiger partial charge on any atom is 0.0979 e. The molecule has 0 aliphatic carbocycles. The normalized spacial score (nSPS) is 11.6. The first-order valence-electron chi connectivity index (χ1n) is 11.0. The molecule has 0 saturated carbocycles. The molecule has 0 amide bonds. The van der Waals surface area contributed by atoms with Crippen LogP contribution < -0.4 is 0 Å². The van der Waals surface area contributed by atoms with Crippen molar-refractivity contribution in [2.75, 3.05) is 0 Å². The fourth-order valence-electron chi connectivity index (χ4n) is 4.73. The van der Waals surface area contributed by atoms with Gasteiger partial charge < -0.3 is 0 Å². The van der Waals surface area contributed by atoms with Crippen LogP contribution >= 0.6 is 11.3 Å². The van der Waals surface area contributed by atoms with E-state index >= 15 is 0 Å². The fourth-order valence-corrected chi connectivity index (χ4v) is 6.01. The van der Waals surface area contributed by atoms with Crippen LogP contribution in [0.15, 0.2) is 109 Å². The van der Waals surface area contributed by atoms with Gasteiger partial charge in [-0.3, -0.25) is 0 Å². The lowest BCUT2D eigenvalue weighted by atomic mass is 9.96. The van der Waals surface area contributed by atoms with E-state index in [-0.39, 0.29) is 0 Å². The van der Waals surface area contributed by atoms with Gasteiger partial charge in [0.1, 0.15) is 0 Å². The second-order valence-electron chi connectivity index (χ2n) is 8.22. The summed E-state index contributed by atoms with van der Waals surface area (Å²) in [6, 6.07) is 38.2. The molecular formula is C30H18N2S. The largest absolute Gasteiger partial charge is 0.244 e. The van der Waals surface area contributed by atoms with Crippen molar-refractivity contribution in [2.24, 2.45) is 0 Å². The molecule has 0 atom stereocenters. The van der Waals surface area contributed by atoms with Crippen LogP contribution in [0, 0.1) is 0 Å². The summed E-state index contributed by atoms with van der Waals surface area (Å²) in [7, 11) is 0. The summed E-state index contributed by atoms with van der Waals surface area (Å²) in [5.41, 5.74) is 5.86. The molecule has 2 nitrogen and oxygen atoms in total. The maximum atomic E-state index is 5.17. The molecule has 0 fully saturated rings. The third kappa shape index (κ3) is 2.86. The Balaban J connectivity index is 1.64. The van der Waals surface area contributed by atoms with E-state index in [0.29, 0.717) is 0 Å². The summed E-state index contributed by atoms with van der Waals surface area (Å²) >= 11 is 1.86. The highest BCUT2D eigenvalue weighted by atomic mass is 32.1. The van der Waals surface area contributed by atoms with Gasteiger partial charge in [0.25, 0.3) is 0 Å². The van der Waals surface area contributed by atoms with Gasteiger partial charge in [0.05, 0.1) is 22.4 Å². The van der Waals surface area contributed by atoms with E-state index in [2.05, 4.69) is 78.9 Å². The van der Waals surface area contributed by atoms with E-state index in [0.717, 1.165) is 33.5 Å². The zero-order chi connectivity index (χ0) is 21.8. The Morgan fingerprint density at radius 2 is 1.24 bits per heavy atom. The van der Waals surface area contributed by atoms with Crippen LogP contribution in [0.2, 0.25) is 0 Å². The van der Waals surface area contributed by atoms with Gasteiger partial charge in [-0.25, -0.2) is 9.97 Å². The molecule has 3 heteroatoms. The van der Waals surface area contributed by atoms with E-state index in [4.69, 9.17) is 9.97 Å². The molecule has 0 bridgehead atoms. The number of hydrogen-bond donors (Lipinski definition) is 0. The molecule has 5 aromatic carbocycles. The average Bonchev–Trinajstić information content (AvgIpc) is 3.27. The van der Waals surface area contributed by atoms with Gasteiger partial charge in [-0.15, -0.1) is 11.3 Å². The summed E-state index contributed by atoms with van der Waals surface area (Å²) < 4.78 is 2.61. The van der Waals surface area contributed by atoms with E-state index in [1.807, 2.05) is 41.7 Å². The van der Waals surface area contributed by atoms with E-state index < -0.39 is 0 Å². The van der Waals surface area contributed by atoms with Gasteiger partial charge in [-0.1, -0.05) is 91.0 Å². The number of aromatic nitrogens is 2. The van der Waals surface area contributed by atoms with Crippen molar-refractivity contribution in [3.63, 3.8) is 0 Å². The summed E-state index contributed by atoms with van der Waals surface area (Å²) in [5.74, 6) is 0. The highest BCUT2D eigenvalue weighted by Crippen LogP contribution is 2.43.